The fourth-order valence-electron chi connectivity index (χ4n) is 4.79. The van der Waals surface area contributed by atoms with Gasteiger partial charge in [0.05, 0.1) is 11.1 Å². The number of hydrogen-bond donors (Lipinski definition) is 0. The van der Waals surface area contributed by atoms with Crippen molar-refractivity contribution in [2.45, 2.75) is 0 Å². The molecule has 0 aliphatic heterocycles. The zero-order valence-electron chi connectivity index (χ0n) is 17.8. The molecule has 2 nitrogen and oxygen atoms in total. The zero-order valence-corrected chi connectivity index (χ0v) is 17.8. The van der Waals surface area contributed by atoms with Crippen molar-refractivity contribution in [2.75, 3.05) is 0 Å². The van der Waals surface area contributed by atoms with E-state index < -0.39 is 11.6 Å². The summed E-state index contributed by atoms with van der Waals surface area (Å²) in [6.45, 7) is 0. The minimum atomic E-state index is -0.560. The van der Waals surface area contributed by atoms with E-state index in [0.29, 0.717) is 11.1 Å². The average molecular weight is 446 g/mol. The Kier molecular flexibility index (Phi) is 4.49. The summed E-state index contributed by atoms with van der Waals surface area (Å²) >= 11 is 0. The molecule has 0 saturated carbocycles. The Bertz CT molecular complexity index is 1670. The number of halogens is 2. The van der Waals surface area contributed by atoms with Gasteiger partial charge in [-0.05, 0) is 69.4 Å². The number of rotatable bonds is 4. The van der Waals surface area contributed by atoms with Crippen LogP contribution in [0.15, 0.2) is 97.1 Å². The van der Waals surface area contributed by atoms with Crippen molar-refractivity contribution in [1.29, 1.82) is 0 Å². The third kappa shape index (κ3) is 2.92. The standard InChI is InChI=1S/C30H16F2O2/c31-26-10-3-1-6-23(26)29(33)17-12-13-18-19-8-5-9-20-22(15-14-21(28(19)20)25(18)16-17)30(34)24-7-2-4-11-27(24)32/h1-16H. The van der Waals surface area contributed by atoms with E-state index in [4.69, 9.17) is 0 Å². The van der Waals surface area contributed by atoms with Gasteiger partial charge in [-0.3, -0.25) is 9.59 Å². The monoisotopic (exact) mass is 446 g/mol. The highest BCUT2D eigenvalue weighted by molar-refractivity contribution is 6.24. The molecule has 0 spiro atoms. The fourth-order valence-corrected chi connectivity index (χ4v) is 4.79. The van der Waals surface area contributed by atoms with Gasteiger partial charge >= 0.3 is 0 Å². The van der Waals surface area contributed by atoms with Gasteiger partial charge in [0.2, 0.25) is 0 Å². The highest BCUT2D eigenvalue weighted by Gasteiger charge is 2.26. The summed E-state index contributed by atoms with van der Waals surface area (Å²) in [5, 5.41) is 1.61. The lowest BCUT2D eigenvalue weighted by Gasteiger charge is -2.09. The van der Waals surface area contributed by atoms with E-state index in [2.05, 4.69) is 0 Å². The molecule has 1 aliphatic rings. The van der Waals surface area contributed by atoms with Crippen LogP contribution >= 0.6 is 0 Å². The molecule has 162 valence electrons. The number of hydrogen-bond acceptors (Lipinski definition) is 2. The second kappa shape index (κ2) is 7.56. The van der Waals surface area contributed by atoms with Crippen LogP contribution in [0.2, 0.25) is 0 Å². The highest BCUT2D eigenvalue weighted by Crippen LogP contribution is 2.48. The molecule has 34 heavy (non-hydrogen) atoms. The lowest BCUT2D eigenvalue weighted by Crippen LogP contribution is -2.05. The number of ketones is 2. The van der Waals surface area contributed by atoms with Gasteiger partial charge < -0.3 is 0 Å². The van der Waals surface area contributed by atoms with Crippen molar-refractivity contribution < 1.29 is 18.4 Å². The maximum Gasteiger partial charge on any atom is 0.196 e. The van der Waals surface area contributed by atoms with Crippen LogP contribution in [0.3, 0.4) is 0 Å². The van der Waals surface area contributed by atoms with Crippen LogP contribution in [0.4, 0.5) is 8.78 Å². The summed E-state index contributed by atoms with van der Waals surface area (Å²) in [5.41, 5.74) is 4.45. The largest absolute Gasteiger partial charge is 0.288 e. The molecule has 0 aromatic heterocycles. The molecule has 0 N–H and O–H groups in total. The quantitative estimate of drug-likeness (QED) is 0.268. The topological polar surface area (TPSA) is 34.1 Å². The van der Waals surface area contributed by atoms with Crippen LogP contribution in [-0.4, -0.2) is 11.6 Å². The van der Waals surface area contributed by atoms with Crippen molar-refractivity contribution in [2.24, 2.45) is 0 Å². The molecule has 0 unspecified atom stereocenters. The van der Waals surface area contributed by atoms with Gasteiger partial charge in [-0.15, -0.1) is 0 Å². The normalized spacial score (nSPS) is 11.5. The van der Waals surface area contributed by atoms with Crippen LogP contribution in [-0.2, 0) is 0 Å². The van der Waals surface area contributed by atoms with Crippen LogP contribution in [0.25, 0.3) is 33.0 Å². The molecule has 1 aliphatic carbocycles. The lowest BCUT2D eigenvalue weighted by atomic mass is 9.93. The summed E-state index contributed by atoms with van der Waals surface area (Å²) in [4.78, 5) is 26.2. The first kappa shape index (κ1) is 20.2. The van der Waals surface area contributed by atoms with Crippen LogP contribution in [0.1, 0.15) is 31.8 Å². The molecule has 0 heterocycles. The van der Waals surface area contributed by atoms with Crippen molar-refractivity contribution in [3.63, 3.8) is 0 Å². The van der Waals surface area contributed by atoms with E-state index in [9.17, 15) is 18.4 Å². The van der Waals surface area contributed by atoms with Crippen molar-refractivity contribution in [1.82, 2.24) is 0 Å². The zero-order chi connectivity index (χ0) is 23.4. The minimum absolute atomic E-state index is 0.0222. The average Bonchev–Trinajstić information content (AvgIpc) is 3.19. The third-order valence-electron chi connectivity index (χ3n) is 6.38. The minimum Gasteiger partial charge on any atom is -0.288 e. The summed E-state index contributed by atoms with van der Waals surface area (Å²) in [7, 11) is 0. The van der Waals surface area contributed by atoms with Crippen LogP contribution < -0.4 is 0 Å². The summed E-state index contributed by atoms with van der Waals surface area (Å²) in [6, 6.07) is 26.4. The smallest absolute Gasteiger partial charge is 0.196 e. The van der Waals surface area contributed by atoms with Gasteiger partial charge in [0.25, 0.3) is 0 Å². The van der Waals surface area contributed by atoms with E-state index in [1.165, 1.54) is 24.3 Å². The van der Waals surface area contributed by atoms with Crippen LogP contribution in [0.5, 0.6) is 0 Å². The Morgan fingerprint density at radius 1 is 0.500 bits per heavy atom. The van der Waals surface area contributed by atoms with Gasteiger partial charge in [0.15, 0.2) is 11.6 Å². The molecule has 5 aromatic carbocycles. The molecule has 6 rings (SSSR count). The van der Waals surface area contributed by atoms with Gasteiger partial charge in [-0.2, -0.15) is 0 Å². The summed E-state index contributed by atoms with van der Waals surface area (Å²) in [5.74, 6) is -1.89. The van der Waals surface area contributed by atoms with Gasteiger partial charge in [-0.1, -0.05) is 60.7 Å². The third-order valence-corrected chi connectivity index (χ3v) is 6.38. The maximum absolute atomic E-state index is 14.3. The predicted octanol–water partition coefficient (Wildman–Crippen LogP) is 7.23. The molecule has 0 amide bonds. The number of carbonyl (C=O) groups excluding carboxylic acids is 2. The first-order valence-electron chi connectivity index (χ1n) is 10.8. The Balaban J connectivity index is 1.51. The van der Waals surface area contributed by atoms with Crippen LogP contribution in [0, 0.1) is 11.6 Å². The molecule has 0 atom stereocenters. The second-order valence-electron chi connectivity index (χ2n) is 8.27. The van der Waals surface area contributed by atoms with E-state index in [-0.39, 0.29) is 22.7 Å². The van der Waals surface area contributed by atoms with Gasteiger partial charge in [0.1, 0.15) is 11.6 Å². The maximum atomic E-state index is 14.3. The summed E-state index contributed by atoms with van der Waals surface area (Å²) in [6.07, 6.45) is 0. The lowest BCUT2D eigenvalue weighted by molar-refractivity contribution is 0.102. The van der Waals surface area contributed by atoms with Gasteiger partial charge in [0, 0.05) is 11.1 Å². The second-order valence-corrected chi connectivity index (χ2v) is 8.27. The van der Waals surface area contributed by atoms with Gasteiger partial charge in [-0.25, -0.2) is 8.78 Å². The molecule has 5 aromatic rings. The molecule has 4 heteroatoms. The van der Waals surface area contributed by atoms with Crippen molar-refractivity contribution in [3.8, 4) is 22.3 Å². The van der Waals surface area contributed by atoms with Crippen molar-refractivity contribution in [3.05, 3.63) is 131 Å². The fraction of sp³-hybridized carbons (Fsp3) is 0. The Morgan fingerprint density at radius 2 is 1.12 bits per heavy atom. The van der Waals surface area contributed by atoms with E-state index in [1.807, 2.05) is 30.3 Å². The molecule has 0 fully saturated rings. The Hall–Kier alpha value is -4.44. The van der Waals surface area contributed by atoms with E-state index in [1.54, 1.807) is 42.5 Å². The first-order valence-corrected chi connectivity index (χ1v) is 10.8. The van der Waals surface area contributed by atoms with E-state index >= 15 is 0 Å². The highest BCUT2D eigenvalue weighted by atomic mass is 19.1. The molecule has 0 bridgehead atoms. The number of fused-ring (bicyclic) bond motifs is 3. The molecular weight excluding hydrogens is 430 g/mol. The first-order chi connectivity index (χ1) is 16.5. The molecule has 0 saturated heterocycles. The molecule has 0 radical (unpaired) electrons. The Labute approximate surface area is 194 Å². The van der Waals surface area contributed by atoms with E-state index in [0.717, 1.165) is 33.0 Å². The predicted molar refractivity (Wildman–Crippen MR) is 128 cm³/mol. The van der Waals surface area contributed by atoms with Crippen molar-refractivity contribution >= 4 is 22.3 Å². The number of carbonyl (C=O) groups is 2. The molecular formula is C30H16F2O2. The Morgan fingerprint density at radius 3 is 1.82 bits per heavy atom. The number of benzene rings is 5. The summed E-state index contributed by atoms with van der Waals surface area (Å²) < 4.78 is 28.5. The SMILES string of the molecule is O=C(c1ccc2c(c1)-c1ccc(C(=O)c3ccccc3F)c3cccc-2c13)c1ccccc1F.